The highest BCUT2D eigenvalue weighted by molar-refractivity contribution is 7.91. The van der Waals surface area contributed by atoms with Gasteiger partial charge in [-0.2, -0.15) is 4.80 Å². The minimum absolute atomic E-state index is 0.0668. The normalized spacial score (nSPS) is 12.0. The molecule has 3 aromatic carbocycles. The molecular weight excluding hydrogens is 322 g/mol. The van der Waals surface area contributed by atoms with E-state index in [9.17, 15) is 8.42 Å². The van der Waals surface area contributed by atoms with E-state index in [1.54, 1.807) is 29.9 Å². The standard InChI is InChI=1S/C18H15N3O2S/c1-2-24(22,23)16-9-10-17-18(12-16)20-21(19-17)15-8-7-13-5-3-4-6-14(13)11-15/h3-12H,2H2,1H3. The first kappa shape index (κ1) is 14.8. The van der Waals surface area contributed by atoms with Crippen molar-refractivity contribution in [3.05, 3.63) is 60.7 Å². The third-order valence-corrected chi connectivity index (χ3v) is 5.79. The Morgan fingerprint density at radius 2 is 1.62 bits per heavy atom. The predicted octanol–water partition coefficient (Wildman–Crippen LogP) is 3.37. The molecule has 6 heteroatoms. The first-order valence-electron chi connectivity index (χ1n) is 7.66. The van der Waals surface area contributed by atoms with Crippen molar-refractivity contribution in [2.45, 2.75) is 11.8 Å². The Kier molecular flexibility index (Phi) is 3.35. The van der Waals surface area contributed by atoms with Crippen molar-refractivity contribution in [2.24, 2.45) is 0 Å². The van der Waals surface area contributed by atoms with Crippen molar-refractivity contribution < 1.29 is 8.42 Å². The van der Waals surface area contributed by atoms with Gasteiger partial charge < -0.3 is 0 Å². The van der Waals surface area contributed by atoms with E-state index in [2.05, 4.69) is 10.2 Å². The van der Waals surface area contributed by atoms with Crippen LogP contribution in [-0.4, -0.2) is 29.2 Å². The third-order valence-electron chi connectivity index (χ3n) is 4.05. The van der Waals surface area contributed by atoms with E-state index in [0.29, 0.717) is 11.0 Å². The van der Waals surface area contributed by atoms with Gasteiger partial charge in [-0.15, -0.1) is 10.2 Å². The van der Waals surface area contributed by atoms with Crippen LogP contribution in [0.15, 0.2) is 65.6 Å². The number of sulfone groups is 1. The summed E-state index contributed by atoms with van der Waals surface area (Å²) in [5.74, 6) is 0.0668. The molecule has 4 aromatic rings. The Balaban J connectivity index is 1.84. The van der Waals surface area contributed by atoms with Gasteiger partial charge in [0.05, 0.1) is 16.3 Å². The number of nitrogens with zero attached hydrogens (tertiary/aromatic N) is 3. The molecule has 0 saturated heterocycles. The van der Waals surface area contributed by atoms with E-state index in [-0.39, 0.29) is 10.6 Å². The fourth-order valence-corrected chi connectivity index (χ4v) is 3.57. The van der Waals surface area contributed by atoms with E-state index in [0.717, 1.165) is 16.5 Å². The zero-order valence-corrected chi connectivity index (χ0v) is 13.9. The van der Waals surface area contributed by atoms with E-state index >= 15 is 0 Å². The Hall–Kier alpha value is -2.73. The molecule has 0 unspecified atom stereocenters. The second-order valence-electron chi connectivity index (χ2n) is 5.57. The third kappa shape index (κ3) is 2.45. The van der Waals surface area contributed by atoms with Gasteiger partial charge in [-0.05, 0) is 41.1 Å². The van der Waals surface area contributed by atoms with Gasteiger partial charge in [0, 0.05) is 0 Å². The lowest BCUT2D eigenvalue weighted by atomic mass is 10.1. The zero-order valence-electron chi connectivity index (χ0n) is 13.0. The summed E-state index contributed by atoms with van der Waals surface area (Å²) in [6.07, 6.45) is 0. The van der Waals surface area contributed by atoms with E-state index in [1.807, 2.05) is 42.5 Å². The van der Waals surface area contributed by atoms with Crippen LogP contribution >= 0.6 is 0 Å². The highest BCUT2D eigenvalue weighted by Gasteiger charge is 2.14. The summed E-state index contributed by atoms with van der Waals surface area (Å²) < 4.78 is 24.0. The number of benzene rings is 3. The number of hydrogen-bond acceptors (Lipinski definition) is 4. The topological polar surface area (TPSA) is 64.8 Å². The van der Waals surface area contributed by atoms with E-state index in [4.69, 9.17) is 0 Å². The molecule has 0 atom stereocenters. The fraction of sp³-hybridized carbons (Fsp3) is 0.111. The average molecular weight is 337 g/mol. The molecule has 0 aliphatic heterocycles. The predicted molar refractivity (Wildman–Crippen MR) is 94.1 cm³/mol. The van der Waals surface area contributed by atoms with Crippen LogP contribution < -0.4 is 0 Å². The molecule has 120 valence electrons. The summed E-state index contributed by atoms with van der Waals surface area (Å²) in [5, 5.41) is 11.1. The van der Waals surface area contributed by atoms with Crippen molar-refractivity contribution in [3.8, 4) is 5.69 Å². The molecule has 4 rings (SSSR count). The molecule has 1 aromatic heterocycles. The maximum absolute atomic E-state index is 12.0. The van der Waals surface area contributed by atoms with Gasteiger partial charge >= 0.3 is 0 Å². The minimum Gasteiger partial charge on any atom is -0.224 e. The quantitative estimate of drug-likeness (QED) is 0.575. The van der Waals surface area contributed by atoms with Crippen molar-refractivity contribution in [3.63, 3.8) is 0 Å². The molecule has 0 spiro atoms. The molecule has 1 heterocycles. The second-order valence-corrected chi connectivity index (χ2v) is 7.85. The molecular formula is C18H15N3O2S. The van der Waals surface area contributed by atoms with Crippen LogP contribution in [0.1, 0.15) is 6.92 Å². The largest absolute Gasteiger partial charge is 0.224 e. The van der Waals surface area contributed by atoms with Crippen molar-refractivity contribution in [1.29, 1.82) is 0 Å². The van der Waals surface area contributed by atoms with Crippen LogP contribution in [0.2, 0.25) is 0 Å². The van der Waals surface area contributed by atoms with Crippen LogP contribution in [0.3, 0.4) is 0 Å². The smallest absolute Gasteiger partial charge is 0.178 e. The van der Waals surface area contributed by atoms with Gasteiger partial charge in [0.25, 0.3) is 0 Å². The Morgan fingerprint density at radius 3 is 2.42 bits per heavy atom. The zero-order chi connectivity index (χ0) is 16.7. The minimum atomic E-state index is -3.25. The maximum Gasteiger partial charge on any atom is 0.178 e. The lowest BCUT2D eigenvalue weighted by molar-refractivity contribution is 0.597. The van der Waals surface area contributed by atoms with Crippen molar-refractivity contribution in [2.75, 3.05) is 5.75 Å². The van der Waals surface area contributed by atoms with Crippen LogP contribution in [0.5, 0.6) is 0 Å². The number of aromatic nitrogens is 3. The monoisotopic (exact) mass is 337 g/mol. The van der Waals surface area contributed by atoms with Crippen molar-refractivity contribution in [1.82, 2.24) is 15.0 Å². The molecule has 0 saturated carbocycles. The average Bonchev–Trinajstić information content (AvgIpc) is 3.04. The molecule has 0 bridgehead atoms. The molecule has 0 fully saturated rings. The number of rotatable bonds is 3. The van der Waals surface area contributed by atoms with Gasteiger partial charge in [0.2, 0.25) is 0 Å². The van der Waals surface area contributed by atoms with Gasteiger partial charge in [-0.3, -0.25) is 0 Å². The summed E-state index contributed by atoms with van der Waals surface area (Å²) in [6.45, 7) is 1.63. The van der Waals surface area contributed by atoms with Gasteiger partial charge in [0.15, 0.2) is 9.84 Å². The molecule has 0 amide bonds. The molecule has 5 nitrogen and oxygen atoms in total. The number of hydrogen-bond donors (Lipinski definition) is 0. The Morgan fingerprint density at radius 1 is 0.875 bits per heavy atom. The summed E-state index contributed by atoms with van der Waals surface area (Å²) in [6, 6.07) is 18.9. The second kappa shape index (κ2) is 5.42. The summed E-state index contributed by atoms with van der Waals surface area (Å²) in [7, 11) is -3.25. The first-order valence-corrected chi connectivity index (χ1v) is 9.31. The highest BCUT2D eigenvalue weighted by Crippen LogP contribution is 2.21. The Labute approximate surface area is 139 Å². The van der Waals surface area contributed by atoms with Gasteiger partial charge in [0.1, 0.15) is 11.0 Å². The summed E-state index contributed by atoms with van der Waals surface area (Å²) in [5.41, 5.74) is 2.07. The fourth-order valence-electron chi connectivity index (χ4n) is 2.67. The molecule has 0 aliphatic rings. The van der Waals surface area contributed by atoms with Crippen LogP contribution in [0.25, 0.3) is 27.5 Å². The number of fused-ring (bicyclic) bond motifs is 2. The molecule has 0 N–H and O–H groups in total. The molecule has 0 aliphatic carbocycles. The SMILES string of the molecule is CCS(=O)(=O)c1ccc2nn(-c3ccc4ccccc4c3)nc2c1. The van der Waals surface area contributed by atoms with Gasteiger partial charge in [-0.1, -0.05) is 37.3 Å². The molecule has 0 radical (unpaired) electrons. The highest BCUT2D eigenvalue weighted by atomic mass is 32.2. The van der Waals surface area contributed by atoms with E-state index in [1.165, 1.54) is 0 Å². The van der Waals surface area contributed by atoms with Crippen LogP contribution in [-0.2, 0) is 9.84 Å². The first-order chi connectivity index (χ1) is 11.6. The summed E-state index contributed by atoms with van der Waals surface area (Å²) >= 11 is 0. The van der Waals surface area contributed by atoms with Crippen LogP contribution in [0, 0.1) is 0 Å². The van der Waals surface area contributed by atoms with Crippen LogP contribution in [0.4, 0.5) is 0 Å². The van der Waals surface area contributed by atoms with E-state index < -0.39 is 9.84 Å². The maximum atomic E-state index is 12.0. The van der Waals surface area contributed by atoms with Crippen molar-refractivity contribution >= 4 is 31.6 Å². The lowest BCUT2D eigenvalue weighted by Gasteiger charge is -2.01. The lowest BCUT2D eigenvalue weighted by Crippen LogP contribution is -2.03. The Bertz CT molecular complexity index is 1160. The summed E-state index contributed by atoms with van der Waals surface area (Å²) in [4.78, 5) is 1.82. The van der Waals surface area contributed by atoms with Gasteiger partial charge in [-0.25, -0.2) is 8.42 Å². The molecule has 24 heavy (non-hydrogen) atoms.